The molecule has 3 nitrogen and oxygen atoms in total. The highest BCUT2D eigenvalue weighted by Gasteiger charge is 2.30. The lowest BCUT2D eigenvalue weighted by Crippen LogP contribution is -2.49. The summed E-state index contributed by atoms with van der Waals surface area (Å²) in [4.78, 5) is 11.1. The summed E-state index contributed by atoms with van der Waals surface area (Å²) in [6, 6.07) is 6.44. The van der Waals surface area contributed by atoms with Crippen molar-refractivity contribution in [2.75, 3.05) is 12.8 Å². The molecular formula is C14H21NO2S. The van der Waals surface area contributed by atoms with Crippen LogP contribution in [0.5, 0.6) is 0 Å². The molecule has 0 fully saturated rings. The molecule has 4 heteroatoms. The second kappa shape index (κ2) is 6.25. The molecule has 100 valence electrons. The lowest BCUT2D eigenvalue weighted by atomic mass is 10.1. The van der Waals surface area contributed by atoms with Crippen LogP contribution in [0.15, 0.2) is 18.2 Å². The first-order chi connectivity index (χ1) is 8.37. The van der Waals surface area contributed by atoms with Gasteiger partial charge in [-0.05, 0) is 33.4 Å². The number of hydrogen-bond donors (Lipinski definition) is 2. The van der Waals surface area contributed by atoms with E-state index in [1.807, 2.05) is 0 Å². The van der Waals surface area contributed by atoms with Crippen molar-refractivity contribution in [2.24, 2.45) is 0 Å². The van der Waals surface area contributed by atoms with Gasteiger partial charge in [0, 0.05) is 11.5 Å². The molecule has 0 aromatic heterocycles. The van der Waals surface area contributed by atoms with E-state index in [4.69, 9.17) is 5.11 Å². The number of nitrogens with one attached hydrogen (secondary N) is 1. The Hall–Kier alpha value is -1.00. The first-order valence-electron chi connectivity index (χ1n) is 5.94. The van der Waals surface area contributed by atoms with Crippen LogP contribution in [0, 0.1) is 13.8 Å². The fourth-order valence-corrected chi connectivity index (χ4v) is 2.95. The third kappa shape index (κ3) is 4.03. The van der Waals surface area contributed by atoms with Gasteiger partial charge in [-0.3, -0.25) is 4.79 Å². The minimum absolute atomic E-state index is 0.547. The van der Waals surface area contributed by atoms with E-state index < -0.39 is 11.5 Å². The van der Waals surface area contributed by atoms with E-state index in [-0.39, 0.29) is 0 Å². The van der Waals surface area contributed by atoms with E-state index in [0.717, 1.165) is 5.75 Å². The highest BCUT2D eigenvalue weighted by Crippen LogP contribution is 2.20. The summed E-state index contributed by atoms with van der Waals surface area (Å²) < 4.78 is 0. The maximum absolute atomic E-state index is 11.1. The lowest BCUT2D eigenvalue weighted by Gasteiger charge is -2.23. The average Bonchev–Trinajstić information content (AvgIpc) is 2.27. The Morgan fingerprint density at radius 2 is 1.89 bits per heavy atom. The molecule has 1 aromatic carbocycles. The highest BCUT2D eigenvalue weighted by molar-refractivity contribution is 7.98. The molecule has 0 saturated carbocycles. The number of carbonyl (C=O) groups is 1. The zero-order valence-electron chi connectivity index (χ0n) is 11.4. The summed E-state index contributed by atoms with van der Waals surface area (Å²) in [7, 11) is 1.69. The van der Waals surface area contributed by atoms with Crippen LogP contribution in [0.25, 0.3) is 0 Å². The fourth-order valence-electron chi connectivity index (χ4n) is 1.77. The van der Waals surface area contributed by atoms with Crippen molar-refractivity contribution in [3.05, 3.63) is 34.9 Å². The van der Waals surface area contributed by atoms with Gasteiger partial charge in [0.15, 0.2) is 0 Å². The van der Waals surface area contributed by atoms with Crippen LogP contribution in [0.4, 0.5) is 0 Å². The topological polar surface area (TPSA) is 49.3 Å². The standard InChI is InChI=1S/C14H21NO2S/c1-10-5-11(2)7-12(6-10)8-18-9-14(3,15-4)13(16)17/h5-7,15H,8-9H2,1-4H3,(H,16,17). The van der Waals surface area contributed by atoms with E-state index >= 15 is 0 Å². The molecule has 18 heavy (non-hydrogen) atoms. The Morgan fingerprint density at radius 1 is 1.33 bits per heavy atom. The Kier molecular flexibility index (Phi) is 5.23. The van der Waals surface area contributed by atoms with Crippen molar-refractivity contribution in [2.45, 2.75) is 32.1 Å². The minimum atomic E-state index is -0.858. The quantitative estimate of drug-likeness (QED) is 0.832. The van der Waals surface area contributed by atoms with Crippen LogP contribution >= 0.6 is 11.8 Å². The fraction of sp³-hybridized carbons (Fsp3) is 0.500. The summed E-state index contributed by atoms with van der Waals surface area (Å²) in [5.41, 5.74) is 2.89. The summed E-state index contributed by atoms with van der Waals surface area (Å²) in [6.45, 7) is 5.87. The lowest BCUT2D eigenvalue weighted by molar-refractivity contribution is -0.142. The maximum atomic E-state index is 11.1. The largest absolute Gasteiger partial charge is 0.480 e. The first kappa shape index (κ1) is 15.1. The number of carboxylic acid groups (broad SMARTS) is 1. The van der Waals surface area contributed by atoms with E-state index in [9.17, 15) is 4.79 Å². The van der Waals surface area contributed by atoms with Gasteiger partial charge in [-0.15, -0.1) is 0 Å². The molecule has 0 saturated heterocycles. The molecule has 0 aliphatic rings. The van der Waals surface area contributed by atoms with Crippen LogP contribution in [0.1, 0.15) is 23.6 Å². The van der Waals surface area contributed by atoms with Crippen molar-refractivity contribution < 1.29 is 9.90 Å². The number of rotatable bonds is 6. The van der Waals surface area contributed by atoms with Gasteiger partial charge >= 0.3 is 5.97 Å². The van der Waals surface area contributed by atoms with Gasteiger partial charge in [0.1, 0.15) is 5.54 Å². The van der Waals surface area contributed by atoms with Crippen LogP contribution in [-0.2, 0) is 10.5 Å². The third-order valence-corrected chi connectivity index (χ3v) is 4.28. The van der Waals surface area contributed by atoms with Crippen molar-refractivity contribution in [3.63, 3.8) is 0 Å². The van der Waals surface area contributed by atoms with Crippen molar-refractivity contribution in [1.82, 2.24) is 5.32 Å². The summed E-state index contributed by atoms with van der Waals surface area (Å²) in [5.74, 6) is 0.580. The van der Waals surface area contributed by atoms with E-state index in [1.165, 1.54) is 16.7 Å². The molecule has 0 heterocycles. The molecule has 1 aromatic rings. The Morgan fingerprint density at radius 3 is 2.33 bits per heavy atom. The average molecular weight is 267 g/mol. The molecule has 1 atom stereocenters. The molecule has 0 spiro atoms. The van der Waals surface area contributed by atoms with Gasteiger partial charge in [0.05, 0.1) is 0 Å². The third-order valence-electron chi connectivity index (χ3n) is 2.96. The van der Waals surface area contributed by atoms with E-state index in [0.29, 0.717) is 5.75 Å². The monoisotopic (exact) mass is 267 g/mol. The molecule has 1 rings (SSSR count). The Labute approximate surface area is 113 Å². The minimum Gasteiger partial charge on any atom is -0.480 e. The second-order valence-corrected chi connectivity index (χ2v) is 5.86. The van der Waals surface area contributed by atoms with Gasteiger partial charge in [0.25, 0.3) is 0 Å². The van der Waals surface area contributed by atoms with Crippen LogP contribution in [0.2, 0.25) is 0 Å². The van der Waals surface area contributed by atoms with E-state index in [1.54, 1.807) is 25.7 Å². The smallest absolute Gasteiger partial charge is 0.324 e. The van der Waals surface area contributed by atoms with Gasteiger partial charge in [-0.25, -0.2) is 0 Å². The second-order valence-electron chi connectivity index (χ2n) is 4.88. The number of likely N-dealkylation sites (N-methyl/N-ethyl adjacent to an activating group) is 1. The van der Waals surface area contributed by atoms with Crippen LogP contribution < -0.4 is 5.32 Å². The number of benzene rings is 1. The number of hydrogen-bond acceptors (Lipinski definition) is 3. The summed E-state index contributed by atoms with van der Waals surface area (Å²) in [6.07, 6.45) is 0. The highest BCUT2D eigenvalue weighted by atomic mass is 32.2. The number of carboxylic acids is 1. The SMILES string of the molecule is CNC(C)(CSCc1cc(C)cc(C)c1)C(=O)O. The predicted molar refractivity (Wildman–Crippen MR) is 77.2 cm³/mol. The van der Waals surface area contributed by atoms with Crippen LogP contribution in [0.3, 0.4) is 0 Å². The molecule has 0 radical (unpaired) electrons. The van der Waals surface area contributed by atoms with Gasteiger partial charge < -0.3 is 10.4 Å². The van der Waals surface area contributed by atoms with Crippen molar-refractivity contribution >= 4 is 17.7 Å². The molecule has 0 aliphatic carbocycles. The van der Waals surface area contributed by atoms with Crippen LogP contribution in [-0.4, -0.2) is 29.4 Å². The molecule has 0 bridgehead atoms. The van der Waals surface area contributed by atoms with E-state index in [2.05, 4.69) is 37.4 Å². The Bertz CT molecular complexity index is 414. The summed E-state index contributed by atoms with van der Waals surface area (Å²) in [5, 5.41) is 12.0. The molecule has 1 unspecified atom stereocenters. The molecule has 2 N–H and O–H groups in total. The Balaban J connectivity index is 2.58. The zero-order chi connectivity index (χ0) is 13.8. The van der Waals surface area contributed by atoms with Gasteiger partial charge in [-0.1, -0.05) is 29.3 Å². The molecule has 0 amide bonds. The predicted octanol–water partition coefficient (Wildman–Crippen LogP) is 2.60. The first-order valence-corrected chi connectivity index (χ1v) is 7.10. The van der Waals surface area contributed by atoms with Crippen molar-refractivity contribution in [1.29, 1.82) is 0 Å². The number of aliphatic carboxylic acids is 1. The summed E-state index contributed by atoms with van der Waals surface area (Å²) >= 11 is 1.64. The maximum Gasteiger partial charge on any atom is 0.324 e. The number of thioether (sulfide) groups is 1. The molecular weight excluding hydrogens is 246 g/mol. The van der Waals surface area contributed by atoms with Gasteiger partial charge in [0.2, 0.25) is 0 Å². The zero-order valence-corrected chi connectivity index (χ0v) is 12.2. The molecule has 0 aliphatic heterocycles. The number of aryl methyl sites for hydroxylation is 2. The van der Waals surface area contributed by atoms with Crippen molar-refractivity contribution in [3.8, 4) is 0 Å². The normalized spacial score (nSPS) is 14.2. The van der Waals surface area contributed by atoms with Gasteiger partial charge in [-0.2, -0.15) is 11.8 Å².